The van der Waals surface area contributed by atoms with E-state index in [4.69, 9.17) is 9.47 Å². The number of ether oxygens (including phenoxy) is 2. The first-order chi connectivity index (χ1) is 9.24. The number of pyridine rings is 1. The molecule has 1 aliphatic rings. The van der Waals surface area contributed by atoms with Crippen LogP contribution in [0.1, 0.15) is 19.8 Å². The monoisotopic (exact) mass is 264 g/mol. The number of aromatic nitrogens is 1. The maximum Gasteiger partial charge on any atom is 0.310 e. The Hall–Kier alpha value is -1.78. The standard InChI is InChI=1S/C14H20N2O3/c1-3-19-14(17)11-5-4-6-16(10-11)12-7-13(18-2)9-15-8-12/h7-9,11H,3-6,10H2,1-2H3/t11-/m0/s1. The molecule has 0 amide bonds. The fraction of sp³-hybridized carbons (Fsp3) is 0.571. The molecule has 0 N–H and O–H groups in total. The molecule has 0 aromatic carbocycles. The number of hydrogen-bond acceptors (Lipinski definition) is 5. The Morgan fingerprint density at radius 1 is 1.53 bits per heavy atom. The van der Waals surface area contributed by atoms with E-state index in [1.807, 2.05) is 13.0 Å². The molecule has 0 unspecified atom stereocenters. The maximum atomic E-state index is 11.8. The molecule has 0 bridgehead atoms. The molecule has 0 radical (unpaired) electrons. The zero-order chi connectivity index (χ0) is 13.7. The number of esters is 1. The van der Waals surface area contributed by atoms with E-state index in [1.165, 1.54) is 0 Å². The molecular weight excluding hydrogens is 244 g/mol. The average Bonchev–Trinajstić information content (AvgIpc) is 2.48. The van der Waals surface area contributed by atoms with Crippen LogP contribution in [0.3, 0.4) is 0 Å². The van der Waals surface area contributed by atoms with Crippen LogP contribution in [-0.2, 0) is 9.53 Å². The van der Waals surface area contributed by atoms with Gasteiger partial charge in [0.15, 0.2) is 0 Å². The smallest absolute Gasteiger partial charge is 0.310 e. The Morgan fingerprint density at radius 3 is 3.11 bits per heavy atom. The Balaban J connectivity index is 2.05. The zero-order valence-corrected chi connectivity index (χ0v) is 11.5. The molecule has 0 aliphatic carbocycles. The minimum Gasteiger partial charge on any atom is -0.495 e. The second-order valence-corrected chi connectivity index (χ2v) is 4.62. The Bertz CT molecular complexity index is 436. The highest BCUT2D eigenvalue weighted by atomic mass is 16.5. The molecule has 2 rings (SSSR count). The summed E-state index contributed by atoms with van der Waals surface area (Å²) in [4.78, 5) is 18.1. The second kappa shape index (κ2) is 6.41. The van der Waals surface area contributed by atoms with Gasteiger partial charge in [-0.05, 0) is 19.8 Å². The first-order valence-corrected chi connectivity index (χ1v) is 6.65. The quantitative estimate of drug-likeness (QED) is 0.777. The summed E-state index contributed by atoms with van der Waals surface area (Å²) in [6, 6.07) is 1.94. The van der Waals surface area contributed by atoms with Gasteiger partial charge in [0.05, 0.1) is 37.7 Å². The van der Waals surface area contributed by atoms with Gasteiger partial charge in [-0.15, -0.1) is 0 Å². The van der Waals surface area contributed by atoms with Crippen LogP contribution in [-0.4, -0.2) is 37.8 Å². The van der Waals surface area contributed by atoms with Crippen molar-refractivity contribution in [3.05, 3.63) is 18.5 Å². The summed E-state index contributed by atoms with van der Waals surface area (Å²) >= 11 is 0. The first-order valence-electron chi connectivity index (χ1n) is 6.65. The Labute approximate surface area is 113 Å². The number of rotatable bonds is 4. The highest BCUT2D eigenvalue weighted by molar-refractivity contribution is 5.73. The summed E-state index contributed by atoms with van der Waals surface area (Å²) in [5, 5.41) is 0. The van der Waals surface area contributed by atoms with Crippen molar-refractivity contribution in [1.82, 2.24) is 4.98 Å². The predicted molar refractivity (Wildman–Crippen MR) is 72.4 cm³/mol. The van der Waals surface area contributed by atoms with Gasteiger partial charge in [-0.3, -0.25) is 9.78 Å². The number of anilines is 1. The lowest BCUT2D eigenvalue weighted by Crippen LogP contribution is -2.39. The van der Waals surface area contributed by atoms with Crippen LogP contribution in [0.25, 0.3) is 0 Å². The molecule has 0 saturated carbocycles. The second-order valence-electron chi connectivity index (χ2n) is 4.62. The molecule has 2 heterocycles. The van der Waals surface area contributed by atoms with E-state index in [1.54, 1.807) is 19.5 Å². The molecule has 1 saturated heterocycles. The first kappa shape index (κ1) is 13.6. The highest BCUT2D eigenvalue weighted by Crippen LogP contribution is 2.25. The zero-order valence-electron chi connectivity index (χ0n) is 11.5. The van der Waals surface area contributed by atoms with Gasteiger partial charge in [-0.2, -0.15) is 0 Å². The van der Waals surface area contributed by atoms with E-state index in [-0.39, 0.29) is 11.9 Å². The molecule has 0 spiro atoms. The lowest BCUT2D eigenvalue weighted by atomic mass is 9.98. The molecule has 19 heavy (non-hydrogen) atoms. The topological polar surface area (TPSA) is 51.7 Å². The summed E-state index contributed by atoms with van der Waals surface area (Å²) in [6.07, 6.45) is 5.36. The number of nitrogens with zero attached hydrogens (tertiary/aromatic N) is 2. The van der Waals surface area contributed by atoms with E-state index in [2.05, 4.69) is 9.88 Å². The van der Waals surface area contributed by atoms with Gasteiger partial charge in [-0.1, -0.05) is 0 Å². The van der Waals surface area contributed by atoms with Crippen LogP contribution in [0, 0.1) is 5.92 Å². The van der Waals surface area contributed by atoms with Crippen molar-refractivity contribution in [3.8, 4) is 5.75 Å². The lowest BCUT2D eigenvalue weighted by molar-refractivity contribution is -0.148. The van der Waals surface area contributed by atoms with Crippen molar-refractivity contribution < 1.29 is 14.3 Å². The van der Waals surface area contributed by atoms with Gasteiger partial charge >= 0.3 is 5.97 Å². The van der Waals surface area contributed by atoms with E-state index in [0.717, 1.165) is 30.8 Å². The number of carbonyl (C=O) groups is 1. The third kappa shape index (κ3) is 3.36. The van der Waals surface area contributed by atoms with Gasteiger partial charge in [0.1, 0.15) is 5.75 Å². The van der Waals surface area contributed by atoms with Crippen molar-refractivity contribution in [2.75, 3.05) is 31.7 Å². The van der Waals surface area contributed by atoms with Gasteiger partial charge < -0.3 is 14.4 Å². The highest BCUT2D eigenvalue weighted by Gasteiger charge is 2.27. The van der Waals surface area contributed by atoms with Gasteiger partial charge in [0.2, 0.25) is 0 Å². The minimum atomic E-state index is -0.0944. The Kier molecular flexibility index (Phi) is 4.60. The summed E-state index contributed by atoms with van der Waals surface area (Å²) in [6.45, 7) is 3.90. The molecule has 104 valence electrons. The number of hydrogen-bond donors (Lipinski definition) is 0. The van der Waals surface area contributed by atoms with E-state index in [9.17, 15) is 4.79 Å². The fourth-order valence-corrected chi connectivity index (χ4v) is 2.36. The molecule has 1 aromatic rings. The normalized spacial score (nSPS) is 19.1. The van der Waals surface area contributed by atoms with Crippen LogP contribution in [0.4, 0.5) is 5.69 Å². The number of piperidine rings is 1. The molecule has 5 nitrogen and oxygen atoms in total. The summed E-state index contributed by atoms with van der Waals surface area (Å²) in [5.74, 6) is 0.596. The van der Waals surface area contributed by atoms with Crippen molar-refractivity contribution in [2.24, 2.45) is 5.92 Å². The van der Waals surface area contributed by atoms with Gasteiger partial charge in [-0.25, -0.2) is 0 Å². The van der Waals surface area contributed by atoms with Crippen molar-refractivity contribution in [3.63, 3.8) is 0 Å². The maximum absolute atomic E-state index is 11.8. The average molecular weight is 264 g/mol. The van der Waals surface area contributed by atoms with Crippen LogP contribution in [0.2, 0.25) is 0 Å². The van der Waals surface area contributed by atoms with E-state index >= 15 is 0 Å². The predicted octanol–water partition coefficient (Wildman–Crippen LogP) is 1.87. The summed E-state index contributed by atoms with van der Waals surface area (Å²) in [5.41, 5.74) is 0.994. The van der Waals surface area contributed by atoms with Crippen LogP contribution < -0.4 is 9.64 Å². The largest absolute Gasteiger partial charge is 0.495 e. The molecule has 1 fully saturated rings. The molecular formula is C14H20N2O3. The van der Waals surface area contributed by atoms with Crippen LogP contribution >= 0.6 is 0 Å². The third-order valence-corrected chi connectivity index (χ3v) is 3.34. The minimum absolute atomic E-state index is 0.0418. The molecule has 1 atom stereocenters. The van der Waals surface area contributed by atoms with Gasteiger partial charge in [0, 0.05) is 19.2 Å². The van der Waals surface area contributed by atoms with Gasteiger partial charge in [0.25, 0.3) is 0 Å². The fourth-order valence-electron chi connectivity index (χ4n) is 2.36. The van der Waals surface area contributed by atoms with Crippen molar-refractivity contribution in [1.29, 1.82) is 0 Å². The molecule has 5 heteroatoms. The van der Waals surface area contributed by atoms with E-state index in [0.29, 0.717) is 13.2 Å². The molecule has 1 aliphatic heterocycles. The Morgan fingerprint density at radius 2 is 2.37 bits per heavy atom. The van der Waals surface area contributed by atoms with Crippen LogP contribution in [0.15, 0.2) is 18.5 Å². The number of methoxy groups -OCH3 is 1. The SMILES string of the molecule is CCOC(=O)[C@H]1CCCN(c2cncc(OC)c2)C1. The van der Waals surface area contributed by atoms with Crippen LogP contribution in [0.5, 0.6) is 5.75 Å². The summed E-state index contributed by atoms with van der Waals surface area (Å²) < 4.78 is 10.3. The van der Waals surface area contributed by atoms with E-state index < -0.39 is 0 Å². The summed E-state index contributed by atoms with van der Waals surface area (Å²) in [7, 11) is 1.62. The van der Waals surface area contributed by atoms with Crippen molar-refractivity contribution >= 4 is 11.7 Å². The number of carbonyl (C=O) groups excluding carboxylic acids is 1. The lowest BCUT2D eigenvalue weighted by Gasteiger charge is -2.33. The van der Waals surface area contributed by atoms with Crippen molar-refractivity contribution in [2.45, 2.75) is 19.8 Å². The molecule has 1 aromatic heterocycles. The third-order valence-electron chi connectivity index (χ3n) is 3.34.